The van der Waals surface area contributed by atoms with Crippen molar-refractivity contribution in [2.45, 2.75) is 26.3 Å². The van der Waals surface area contributed by atoms with E-state index in [1.54, 1.807) is 48.5 Å². The molecular weight excluding hydrogens is 448 g/mol. The number of aromatic nitrogens is 3. The van der Waals surface area contributed by atoms with Crippen molar-refractivity contribution in [3.63, 3.8) is 0 Å². The summed E-state index contributed by atoms with van der Waals surface area (Å²) >= 11 is 0. The Bertz CT molecular complexity index is 1460. The van der Waals surface area contributed by atoms with Gasteiger partial charge in [-0.15, -0.1) is 5.10 Å². The minimum Gasteiger partial charge on any atom is -0.506 e. The fourth-order valence-electron chi connectivity index (χ4n) is 3.87. The molecule has 0 aliphatic rings. The molecule has 1 amide bonds. The highest BCUT2D eigenvalue weighted by atomic mass is 16.4. The largest absolute Gasteiger partial charge is 0.506 e. The van der Waals surface area contributed by atoms with Gasteiger partial charge in [-0.25, -0.2) is 4.68 Å². The zero-order chi connectivity index (χ0) is 24.9. The van der Waals surface area contributed by atoms with Crippen molar-refractivity contribution in [3.05, 3.63) is 93.8 Å². The van der Waals surface area contributed by atoms with E-state index < -0.39 is 11.9 Å². The summed E-state index contributed by atoms with van der Waals surface area (Å²) in [6.45, 7) is 1.91. The van der Waals surface area contributed by atoms with Crippen LogP contribution in [0, 0.1) is 12.8 Å². The van der Waals surface area contributed by atoms with Gasteiger partial charge in [0, 0.05) is 12.1 Å². The van der Waals surface area contributed by atoms with Gasteiger partial charge < -0.3 is 15.5 Å². The number of carbonyl (C=O) groups is 2. The van der Waals surface area contributed by atoms with Gasteiger partial charge in [-0.2, -0.15) is 0 Å². The van der Waals surface area contributed by atoms with Crippen LogP contribution in [0.25, 0.3) is 10.9 Å². The Hall–Kier alpha value is -4.53. The Labute approximate surface area is 200 Å². The first-order chi connectivity index (χ1) is 16.8. The van der Waals surface area contributed by atoms with Crippen molar-refractivity contribution in [3.8, 4) is 5.75 Å². The summed E-state index contributed by atoms with van der Waals surface area (Å²) in [6, 6.07) is 18.6. The highest BCUT2D eigenvalue weighted by Crippen LogP contribution is 2.27. The number of benzene rings is 3. The van der Waals surface area contributed by atoms with Crippen LogP contribution >= 0.6 is 0 Å². The molecule has 1 atom stereocenters. The number of rotatable bonds is 8. The zero-order valence-corrected chi connectivity index (χ0v) is 19.0. The second kappa shape index (κ2) is 10.2. The molecule has 0 aliphatic carbocycles. The van der Waals surface area contributed by atoms with Gasteiger partial charge in [-0.1, -0.05) is 41.6 Å². The van der Waals surface area contributed by atoms with E-state index in [1.807, 2.05) is 19.1 Å². The fraction of sp³-hybridized carbons (Fsp3) is 0.192. The van der Waals surface area contributed by atoms with E-state index >= 15 is 0 Å². The van der Waals surface area contributed by atoms with Gasteiger partial charge >= 0.3 is 5.97 Å². The molecule has 178 valence electrons. The van der Waals surface area contributed by atoms with Crippen LogP contribution in [0.4, 0.5) is 5.69 Å². The Morgan fingerprint density at radius 3 is 2.54 bits per heavy atom. The van der Waals surface area contributed by atoms with E-state index in [-0.39, 0.29) is 42.3 Å². The van der Waals surface area contributed by atoms with Gasteiger partial charge in [-0.3, -0.25) is 14.4 Å². The number of nitrogens with one attached hydrogen (secondary N) is 1. The number of hydrogen-bond donors (Lipinski definition) is 3. The lowest BCUT2D eigenvalue weighted by Gasteiger charge is -2.14. The highest BCUT2D eigenvalue weighted by molar-refractivity contribution is 6.05. The lowest BCUT2D eigenvalue weighted by atomic mass is 9.96. The minimum atomic E-state index is -1.02. The Kier molecular flexibility index (Phi) is 6.86. The summed E-state index contributed by atoms with van der Waals surface area (Å²) in [7, 11) is 0. The number of phenols is 1. The van der Waals surface area contributed by atoms with Crippen LogP contribution in [-0.4, -0.2) is 37.1 Å². The Balaban J connectivity index is 1.45. The van der Waals surface area contributed by atoms with Crippen molar-refractivity contribution in [1.82, 2.24) is 15.0 Å². The first kappa shape index (κ1) is 23.6. The van der Waals surface area contributed by atoms with E-state index in [0.717, 1.165) is 5.56 Å². The summed E-state index contributed by atoms with van der Waals surface area (Å²) in [5.41, 5.74) is 2.27. The average Bonchev–Trinajstić information content (AvgIpc) is 2.84. The lowest BCUT2D eigenvalue weighted by Crippen LogP contribution is -2.27. The number of aryl methyl sites for hydroxylation is 2. The summed E-state index contributed by atoms with van der Waals surface area (Å²) in [5.74, 6) is -2.35. The summed E-state index contributed by atoms with van der Waals surface area (Å²) in [5, 5.41) is 31.2. The summed E-state index contributed by atoms with van der Waals surface area (Å²) in [6.07, 6.45) is 0.277. The van der Waals surface area contributed by atoms with Crippen LogP contribution in [0.15, 0.2) is 71.5 Å². The maximum atomic E-state index is 12.6. The van der Waals surface area contributed by atoms with Gasteiger partial charge in [-0.05, 0) is 61.2 Å². The van der Waals surface area contributed by atoms with Crippen molar-refractivity contribution in [2.75, 3.05) is 5.32 Å². The quantitative estimate of drug-likeness (QED) is 0.335. The first-order valence-electron chi connectivity index (χ1n) is 11.1. The number of carboxylic acid groups (broad SMARTS) is 1. The van der Waals surface area contributed by atoms with Gasteiger partial charge in [0.1, 0.15) is 11.3 Å². The minimum absolute atomic E-state index is 0.0875. The van der Waals surface area contributed by atoms with Crippen LogP contribution in [-0.2, 0) is 17.8 Å². The fourth-order valence-corrected chi connectivity index (χ4v) is 3.87. The molecule has 0 aliphatic heterocycles. The Morgan fingerprint density at radius 1 is 1.06 bits per heavy atom. The van der Waals surface area contributed by atoms with Crippen molar-refractivity contribution in [2.24, 2.45) is 5.92 Å². The van der Waals surface area contributed by atoms with Gasteiger partial charge in [0.05, 0.1) is 17.0 Å². The standard InChI is InChI=1S/C26H24N4O5/c1-16-6-2-3-7-19(16)24(32)27-22-11-10-17(15-23(22)31)14-18(26(34)35)12-13-30-25(33)20-8-4-5-9-21(20)28-29-30/h2-11,15,18,31H,12-14H2,1H3,(H,27,32)(H,34,35)/t18-/m1/s1. The smallest absolute Gasteiger partial charge is 0.306 e. The normalized spacial score (nSPS) is 11.8. The zero-order valence-electron chi connectivity index (χ0n) is 19.0. The van der Waals surface area contributed by atoms with Crippen LogP contribution in [0.1, 0.15) is 27.9 Å². The maximum Gasteiger partial charge on any atom is 0.306 e. The molecule has 3 N–H and O–H groups in total. The molecule has 0 spiro atoms. The van der Waals surface area contributed by atoms with E-state index in [4.69, 9.17) is 0 Å². The molecule has 0 bridgehead atoms. The van der Waals surface area contributed by atoms with Crippen LogP contribution < -0.4 is 10.9 Å². The molecule has 4 aromatic rings. The number of aromatic hydroxyl groups is 1. The molecule has 3 aromatic carbocycles. The topological polar surface area (TPSA) is 134 Å². The molecule has 9 nitrogen and oxygen atoms in total. The van der Waals surface area contributed by atoms with Crippen LogP contribution in [0.5, 0.6) is 5.75 Å². The predicted octanol–water partition coefficient (Wildman–Crippen LogP) is 3.39. The number of nitrogens with zero attached hydrogens (tertiary/aromatic N) is 3. The second-order valence-corrected chi connectivity index (χ2v) is 8.28. The second-order valence-electron chi connectivity index (χ2n) is 8.28. The summed E-state index contributed by atoms with van der Waals surface area (Å²) < 4.78 is 1.17. The number of anilines is 1. The van der Waals surface area contributed by atoms with Crippen molar-refractivity contribution < 1.29 is 19.8 Å². The van der Waals surface area contributed by atoms with Crippen molar-refractivity contribution in [1.29, 1.82) is 0 Å². The lowest BCUT2D eigenvalue weighted by molar-refractivity contribution is -0.142. The monoisotopic (exact) mass is 472 g/mol. The van der Waals surface area contributed by atoms with Crippen molar-refractivity contribution >= 4 is 28.5 Å². The number of phenolic OH excluding ortho intramolecular Hbond substituents is 1. The average molecular weight is 473 g/mol. The molecule has 0 fully saturated rings. The number of fused-ring (bicyclic) bond motifs is 1. The molecule has 0 saturated heterocycles. The van der Waals surface area contributed by atoms with Gasteiger partial charge in [0.15, 0.2) is 0 Å². The molecule has 35 heavy (non-hydrogen) atoms. The van der Waals surface area contributed by atoms with E-state index in [9.17, 15) is 24.6 Å². The highest BCUT2D eigenvalue weighted by Gasteiger charge is 2.20. The number of hydrogen-bond acceptors (Lipinski definition) is 6. The van der Waals surface area contributed by atoms with Crippen LogP contribution in [0.2, 0.25) is 0 Å². The predicted molar refractivity (Wildman–Crippen MR) is 130 cm³/mol. The first-order valence-corrected chi connectivity index (χ1v) is 11.1. The Morgan fingerprint density at radius 2 is 1.80 bits per heavy atom. The number of aliphatic carboxylic acids is 1. The van der Waals surface area contributed by atoms with E-state index in [1.165, 1.54) is 10.7 Å². The number of amides is 1. The van der Waals surface area contributed by atoms with Gasteiger partial charge in [0.25, 0.3) is 11.5 Å². The van der Waals surface area contributed by atoms with Gasteiger partial charge in [0.2, 0.25) is 0 Å². The SMILES string of the molecule is Cc1ccccc1C(=O)Nc1ccc(C[C@@H](CCn2nnc3ccccc3c2=O)C(=O)O)cc1O. The number of carbonyl (C=O) groups excluding carboxylic acids is 1. The molecule has 4 rings (SSSR count). The third-order valence-corrected chi connectivity index (χ3v) is 5.85. The maximum absolute atomic E-state index is 12.6. The van der Waals surface area contributed by atoms with E-state index in [0.29, 0.717) is 22.0 Å². The molecule has 0 saturated carbocycles. The molecule has 0 radical (unpaired) electrons. The third-order valence-electron chi connectivity index (χ3n) is 5.85. The molecule has 1 heterocycles. The summed E-state index contributed by atoms with van der Waals surface area (Å²) in [4.78, 5) is 37.0. The molecule has 0 unspecified atom stereocenters. The molecular formula is C26H24N4O5. The molecule has 9 heteroatoms. The molecule has 1 aromatic heterocycles. The number of carboxylic acids is 1. The van der Waals surface area contributed by atoms with Crippen LogP contribution in [0.3, 0.4) is 0 Å². The third kappa shape index (κ3) is 5.35. The van der Waals surface area contributed by atoms with E-state index in [2.05, 4.69) is 15.6 Å².